The number of carbonyl (C=O) groups excluding carboxylic acids is 2. The van der Waals surface area contributed by atoms with Crippen LogP contribution in [-0.2, 0) is 0 Å². The fourth-order valence-corrected chi connectivity index (χ4v) is 4.34. The summed E-state index contributed by atoms with van der Waals surface area (Å²) < 4.78 is 0. The first kappa shape index (κ1) is 21.8. The number of carbonyl (C=O) groups is 2. The molecule has 0 unspecified atom stereocenters. The molecule has 0 radical (unpaired) electrons. The molecule has 2 N–H and O–H groups in total. The molecule has 1 fully saturated rings. The number of rotatable bonds is 6. The fraction of sp³-hybridized carbons (Fsp3) is 0.346. The molecule has 32 heavy (non-hydrogen) atoms. The summed E-state index contributed by atoms with van der Waals surface area (Å²) >= 11 is 0. The molecule has 1 saturated carbocycles. The molecule has 6 nitrogen and oxygen atoms in total. The lowest BCUT2D eigenvalue weighted by Gasteiger charge is -2.30. The fourth-order valence-electron chi connectivity index (χ4n) is 4.34. The largest absolute Gasteiger partial charge is 0.377 e. The van der Waals surface area contributed by atoms with Crippen molar-refractivity contribution >= 4 is 34.1 Å². The van der Waals surface area contributed by atoms with Crippen LogP contribution in [0, 0.1) is 0 Å². The van der Waals surface area contributed by atoms with Crippen molar-refractivity contribution in [1.82, 2.24) is 10.3 Å². The van der Waals surface area contributed by atoms with Crippen molar-refractivity contribution in [3.63, 3.8) is 0 Å². The molecular formula is C26H30N4O2. The highest BCUT2D eigenvalue weighted by Gasteiger charge is 2.23. The van der Waals surface area contributed by atoms with Gasteiger partial charge in [0.15, 0.2) is 5.78 Å². The van der Waals surface area contributed by atoms with Crippen LogP contribution in [0.2, 0.25) is 0 Å². The molecule has 0 spiro atoms. The molecule has 4 rings (SSSR count). The standard InChI is InChI=1S/C26H30N4O2/c1-17(31)18-7-6-8-19(15-18)26(32)28-21-13-11-20(12-14-21)27-25-16-24(30(2)3)22-9-4-5-10-23(22)29-25/h4-10,15-16,20-21H,11-14H2,1-3H3,(H,27,29)(H,28,32). The quantitative estimate of drug-likeness (QED) is 0.557. The molecule has 1 amide bonds. The lowest BCUT2D eigenvalue weighted by molar-refractivity contribution is 0.0926. The second-order valence-electron chi connectivity index (χ2n) is 8.74. The number of amides is 1. The molecule has 2 aromatic carbocycles. The topological polar surface area (TPSA) is 74.3 Å². The van der Waals surface area contributed by atoms with E-state index in [0.29, 0.717) is 17.2 Å². The van der Waals surface area contributed by atoms with Crippen molar-refractivity contribution in [3.8, 4) is 0 Å². The predicted molar refractivity (Wildman–Crippen MR) is 130 cm³/mol. The van der Waals surface area contributed by atoms with E-state index in [9.17, 15) is 9.59 Å². The van der Waals surface area contributed by atoms with Crippen molar-refractivity contribution in [2.75, 3.05) is 24.3 Å². The molecule has 1 aliphatic rings. The number of hydrogen-bond acceptors (Lipinski definition) is 5. The normalized spacial score (nSPS) is 18.2. The summed E-state index contributed by atoms with van der Waals surface area (Å²) in [6.45, 7) is 1.51. The molecule has 166 valence electrons. The van der Waals surface area contributed by atoms with Crippen LogP contribution in [0.15, 0.2) is 54.6 Å². The number of pyridine rings is 1. The van der Waals surface area contributed by atoms with Gasteiger partial charge in [-0.15, -0.1) is 0 Å². The van der Waals surface area contributed by atoms with Crippen LogP contribution < -0.4 is 15.5 Å². The molecule has 6 heteroatoms. The highest BCUT2D eigenvalue weighted by atomic mass is 16.1. The van der Waals surface area contributed by atoms with Crippen LogP contribution >= 0.6 is 0 Å². The molecule has 3 aromatic rings. The number of fused-ring (bicyclic) bond motifs is 1. The van der Waals surface area contributed by atoms with Gasteiger partial charge in [-0.25, -0.2) is 4.98 Å². The highest BCUT2D eigenvalue weighted by Crippen LogP contribution is 2.29. The van der Waals surface area contributed by atoms with Gasteiger partial charge in [-0.05, 0) is 50.8 Å². The van der Waals surface area contributed by atoms with E-state index < -0.39 is 0 Å². The van der Waals surface area contributed by atoms with Crippen molar-refractivity contribution in [1.29, 1.82) is 0 Å². The van der Waals surface area contributed by atoms with Crippen LogP contribution in [0.25, 0.3) is 10.9 Å². The Morgan fingerprint density at radius 2 is 1.59 bits per heavy atom. The molecule has 0 aliphatic heterocycles. The third kappa shape index (κ3) is 4.90. The van der Waals surface area contributed by atoms with Crippen LogP contribution in [0.3, 0.4) is 0 Å². The summed E-state index contributed by atoms with van der Waals surface area (Å²) in [6.07, 6.45) is 3.74. The zero-order valence-corrected chi connectivity index (χ0v) is 18.9. The molecule has 1 aliphatic carbocycles. The third-order valence-electron chi connectivity index (χ3n) is 6.12. The van der Waals surface area contributed by atoms with Crippen molar-refractivity contribution in [2.24, 2.45) is 0 Å². The SMILES string of the molecule is CC(=O)c1cccc(C(=O)NC2CCC(Nc3cc(N(C)C)c4ccccc4n3)CC2)c1. The van der Waals surface area contributed by atoms with E-state index in [2.05, 4.69) is 27.7 Å². The Kier molecular flexibility index (Phi) is 6.40. The Balaban J connectivity index is 1.37. The van der Waals surface area contributed by atoms with Crippen LogP contribution in [0.1, 0.15) is 53.3 Å². The Morgan fingerprint density at radius 1 is 0.906 bits per heavy atom. The lowest BCUT2D eigenvalue weighted by Crippen LogP contribution is -2.40. The van der Waals surface area contributed by atoms with Crippen molar-refractivity contribution in [3.05, 3.63) is 65.7 Å². The smallest absolute Gasteiger partial charge is 0.251 e. The second-order valence-corrected chi connectivity index (χ2v) is 8.74. The highest BCUT2D eigenvalue weighted by molar-refractivity contribution is 5.99. The zero-order valence-electron chi connectivity index (χ0n) is 18.9. The van der Waals surface area contributed by atoms with Gasteiger partial charge in [-0.1, -0.05) is 30.3 Å². The molecule has 1 heterocycles. The minimum absolute atomic E-state index is 0.0362. The average molecular weight is 431 g/mol. The van der Waals surface area contributed by atoms with E-state index in [0.717, 1.165) is 48.1 Å². The second kappa shape index (κ2) is 9.39. The number of aromatic nitrogens is 1. The van der Waals surface area contributed by atoms with E-state index in [1.165, 1.54) is 6.92 Å². The number of Topliss-reactive ketones (excluding diaryl/α,β-unsaturated/α-hetero) is 1. The number of ketones is 1. The first-order valence-electron chi connectivity index (χ1n) is 11.2. The third-order valence-corrected chi connectivity index (χ3v) is 6.12. The van der Waals surface area contributed by atoms with Gasteiger partial charge in [0.05, 0.1) is 5.52 Å². The summed E-state index contributed by atoms with van der Waals surface area (Å²) in [6, 6.07) is 17.7. The number of hydrogen-bond donors (Lipinski definition) is 2. The number of nitrogens with one attached hydrogen (secondary N) is 2. The van der Waals surface area contributed by atoms with Gasteiger partial charge in [0, 0.05) is 54.4 Å². The van der Waals surface area contributed by atoms with E-state index >= 15 is 0 Å². The summed E-state index contributed by atoms with van der Waals surface area (Å²) in [5, 5.41) is 7.88. The van der Waals surface area contributed by atoms with Crippen molar-refractivity contribution in [2.45, 2.75) is 44.7 Å². The monoisotopic (exact) mass is 430 g/mol. The maximum Gasteiger partial charge on any atom is 0.251 e. The summed E-state index contributed by atoms with van der Waals surface area (Å²) in [5.74, 6) is 0.739. The lowest BCUT2D eigenvalue weighted by atomic mass is 9.91. The number of anilines is 2. The summed E-state index contributed by atoms with van der Waals surface area (Å²) in [4.78, 5) is 31.1. The number of para-hydroxylation sites is 1. The number of benzene rings is 2. The Morgan fingerprint density at radius 3 is 2.31 bits per heavy atom. The van der Waals surface area contributed by atoms with Gasteiger partial charge in [0.1, 0.15) is 5.82 Å². The average Bonchev–Trinajstić information content (AvgIpc) is 2.79. The minimum atomic E-state index is -0.115. The van der Waals surface area contributed by atoms with Crippen LogP contribution in [0.4, 0.5) is 11.5 Å². The maximum atomic E-state index is 12.6. The van der Waals surface area contributed by atoms with Gasteiger partial charge in [-0.2, -0.15) is 0 Å². The van der Waals surface area contributed by atoms with E-state index in [1.54, 1.807) is 24.3 Å². The van der Waals surface area contributed by atoms with Gasteiger partial charge in [-0.3, -0.25) is 9.59 Å². The minimum Gasteiger partial charge on any atom is -0.377 e. The van der Waals surface area contributed by atoms with Gasteiger partial charge < -0.3 is 15.5 Å². The maximum absolute atomic E-state index is 12.6. The van der Waals surface area contributed by atoms with Gasteiger partial charge in [0.25, 0.3) is 5.91 Å². The molecule has 1 aromatic heterocycles. The predicted octanol–water partition coefficient (Wildman–Crippen LogP) is 4.66. The van der Waals surface area contributed by atoms with Crippen molar-refractivity contribution < 1.29 is 9.59 Å². The Bertz CT molecular complexity index is 1130. The zero-order chi connectivity index (χ0) is 22.7. The first-order valence-corrected chi connectivity index (χ1v) is 11.2. The summed E-state index contributed by atoms with van der Waals surface area (Å²) in [5.41, 5.74) is 3.22. The molecule has 0 saturated heterocycles. The van der Waals surface area contributed by atoms with Gasteiger partial charge in [0.2, 0.25) is 0 Å². The van der Waals surface area contributed by atoms with E-state index in [4.69, 9.17) is 4.98 Å². The van der Waals surface area contributed by atoms with Gasteiger partial charge >= 0.3 is 0 Å². The number of nitrogens with zero attached hydrogens (tertiary/aromatic N) is 2. The van der Waals surface area contributed by atoms with Crippen LogP contribution in [-0.4, -0.2) is 42.9 Å². The molecular weight excluding hydrogens is 400 g/mol. The Hall–Kier alpha value is -3.41. The first-order chi connectivity index (χ1) is 15.4. The van der Waals surface area contributed by atoms with E-state index in [-0.39, 0.29) is 17.7 Å². The Labute approximate surface area is 189 Å². The van der Waals surface area contributed by atoms with Crippen LogP contribution in [0.5, 0.6) is 0 Å². The van der Waals surface area contributed by atoms with E-state index in [1.807, 2.05) is 32.3 Å². The molecule has 0 bridgehead atoms. The molecule has 0 atom stereocenters. The summed E-state index contributed by atoms with van der Waals surface area (Å²) in [7, 11) is 4.09.